The zero-order chi connectivity index (χ0) is 23.4. The molecular weight excluding hydrogens is 453 g/mol. The Morgan fingerprint density at radius 1 is 1.09 bits per heavy atom. The minimum Gasteiger partial charge on any atom is -0.449 e. The lowest BCUT2D eigenvalue weighted by molar-refractivity contribution is -0.148. The number of hydrogen-bond donors (Lipinski definition) is 1. The van der Waals surface area contributed by atoms with Crippen LogP contribution >= 0.6 is 23.2 Å². The van der Waals surface area contributed by atoms with Crippen LogP contribution in [0, 0.1) is 6.92 Å². The van der Waals surface area contributed by atoms with Gasteiger partial charge in [0.1, 0.15) is 5.69 Å². The summed E-state index contributed by atoms with van der Waals surface area (Å²) in [7, 11) is 1.72. The van der Waals surface area contributed by atoms with Crippen LogP contribution in [0.15, 0.2) is 59.4 Å². The molecule has 7 nitrogen and oxygen atoms in total. The summed E-state index contributed by atoms with van der Waals surface area (Å²) in [4.78, 5) is 37.6. The van der Waals surface area contributed by atoms with E-state index >= 15 is 0 Å². The van der Waals surface area contributed by atoms with Gasteiger partial charge in [0.25, 0.3) is 11.5 Å². The second-order valence-electron chi connectivity index (χ2n) is 6.98. The first-order chi connectivity index (χ1) is 15.2. The molecule has 0 bridgehead atoms. The number of carbonyl (C=O) groups is 2. The van der Waals surface area contributed by atoms with E-state index < -0.39 is 23.5 Å². The van der Waals surface area contributed by atoms with Crippen molar-refractivity contribution in [3.8, 4) is 5.69 Å². The number of nitrogens with one attached hydrogen (secondary N) is 1. The summed E-state index contributed by atoms with van der Waals surface area (Å²) in [6, 6.07) is 14.1. The molecule has 1 unspecified atom stereocenters. The van der Waals surface area contributed by atoms with Crippen molar-refractivity contribution in [1.29, 1.82) is 0 Å². The lowest BCUT2D eigenvalue weighted by Gasteiger charge is -2.11. The molecule has 0 fully saturated rings. The molecule has 2 aromatic carbocycles. The second kappa shape index (κ2) is 9.89. The normalized spacial score (nSPS) is 12.0. The van der Waals surface area contributed by atoms with Crippen LogP contribution in [0.3, 0.4) is 0 Å². The van der Waals surface area contributed by atoms with Crippen LogP contribution in [0.4, 0.5) is 5.69 Å². The molecule has 166 valence electrons. The molecule has 0 radical (unpaired) electrons. The van der Waals surface area contributed by atoms with Gasteiger partial charge in [0, 0.05) is 13.1 Å². The first-order valence-corrected chi connectivity index (χ1v) is 10.4. The highest BCUT2D eigenvalue weighted by molar-refractivity contribution is 6.42. The lowest BCUT2D eigenvalue weighted by atomic mass is 10.2. The molecule has 1 heterocycles. The molecule has 0 aliphatic heterocycles. The maximum atomic E-state index is 12.9. The fraction of sp³-hybridized carbons (Fsp3) is 0.174. The van der Waals surface area contributed by atoms with Gasteiger partial charge in [-0.2, -0.15) is 0 Å². The van der Waals surface area contributed by atoms with Gasteiger partial charge in [0.2, 0.25) is 0 Å². The SMILES string of the molecule is Cc1c(NC(=O)C(C)OC(=O)/C=C/c2cccc(Cl)c2Cl)c(=O)n(-c2ccccc2)n1C. The monoisotopic (exact) mass is 473 g/mol. The Morgan fingerprint density at radius 3 is 2.47 bits per heavy atom. The van der Waals surface area contributed by atoms with E-state index in [1.807, 2.05) is 18.2 Å². The average Bonchev–Trinajstić information content (AvgIpc) is 2.98. The second-order valence-corrected chi connectivity index (χ2v) is 7.77. The first kappa shape index (κ1) is 23.4. The molecule has 1 aromatic heterocycles. The summed E-state index contributed by atoms with van der Waals surface area (Å²) >= 11 is 12.0. The number of aromatic nitrogens is 2. The summed E-state index contributed by atoms with van der Waals surface area (Å²) in [5.74, 6) is -1.37. The zero-order valence-corrected chi connectivity index (χ0v) is 19.1. The fourth-order valence-corrected chi connectivity index (χ4v) is 3.38. The highest BCUT2D eigenvalue weighted by Gasteiger charge is 2.22. The van der Waals surface area contributed by atoms with Gasteiger partial charge < -0.3 is 10.1 Å². The van der Waals surface area contributed by atoms with E-state index in [1.165, 1.54) is 17.7 Å². The summed E-state index contributed by atoms with van der Waals surface area (Å²) in [6.07, 6.45) is 1.46. The number of benzene rings is 2. The smallest absolute Gasteiger partial charge is 0.331 e. The van der Waals surface area contributed by atoms with Gasteiger partial charge in [-0.15, -0.1) is 0 Å². The van der Waals surface area contributed by atoms with Crippen LogP contribution < -0.4 is 10.9 Å². The van der Waals surface area contributed by atoms with Crippen LogP contribution in [0.25, 0.3) is 11.8 Å². The maximum absolute atomic E-state index is 12.9. The Morgan fingerprint density at radius 2 is 1.78 bits per heavy atom. The Balaban J connectivity index is 1.71. The van der Waals surface area contributed by atoms with Crippen LogP contribution in [-0.2, 0) is 21.4 Å². The van der Waals surface area contributed by atoms with Gasteiger partial charge in [-0.1, -0.05) is 53.5 Å². The molecule has 0 saturated carbocycles. The number of anilines is 1. The van der Waals surface area contributed by atoms with Crippen molar-refractivity contribution in [3.05, 3.63) is 86.3 Å². The molecule has 1 atom stereocenters. The Labute approximate surface area is 194 Å². The van der Waals surface area contributed by atoms with Gasteiger partial charge in [0.05, 0.1) is 21.4 Å². The first-order valence-electron chi connectivity index (χ1n) is 9.68. The van der Waals surface area contributed by atoms with Crippen LogP contribution in [0.1, 0.15) is 18.2 Å². The van der Waals surface area contributed by atoms with Crippen molar-refractivity contribution in [1.82, 2.24) is 9.36 Å². The minimum atomic E-state index is -1.13. The Bertz CT molecular complexity index is 1250. The van der Waals surface area contributed by atoms with E-state index in [4.69, 9.17) is 27.9 Å². The summed E-state index contributed by atoms with van der Waals surface area (Å²) in [6.45, 7) is 3.13. The highest BCUT2D eigenvalue weighted by atomic mass is 35.5. The summed E-state index contributed by atoms with van der Waals surface area (Å²) in [5.41, 5.74) is 1.48. The van der Waals surface area contributed by atoms with E-state index in [-0.39, 0.29) is 5.69 Å². The number of carbonyl (C=O) groups excluding carboxylic acids is 2. The Hall–Kier alpha value is -3.29. The van der Waals surface area contributed by atoms with E-state index in [2.05, 4.69) is 5.32 Å². The number of ether oxygens (including phenoxy) is 1. The van der Waals surface area contributed by atoms with E-state index in [0.29, 0.717) is 27.0 Å². The third-order valence-corrected chi connectivity index (χ3v) is 5.68. The molecule has 0 aliphatic carbocycles. The average molecular weight is 474 g/mol. The number of esters is 1. The van der Waals surface area contributed by atoms with Gasteiger partial charge in [-0.05, 0) is 43.7 Å². The molecule has 3 rings (SSSR count). The summed E-state index contributed by atoms with van der Waals surface area (Å²) in [5, 5.41) is 3.23. The molecule has 32 heavy (non-hydrogen) atoms. The van der Waals surface area contributed by atoms with Gasteiger partial charge in [0.15, 0.2) is 6.10 Å². The van der Waals surface area contributed by atoms with Gasteiger partial charge in [-0.25, -0.2) is 9.48 Å². The quantitative estimate of drug-likeness (QED) is 0.425. The predicted molar refractivity (Wildman–Crippen MR) is 125 cm³/mol. The molecule has 0 saturated heterocycles. The van der Waals surface area contributed by atoms with Crippen molar-refractivity contribution >= 4 is 46.8 Å². The van der Waals surface area contributed by atoms with Crippen LogP contribution in [0.2, 0.25) is 10.0 Å². The number of para-hydroxylation sites is 1. The largest absolute Gasteiger partial charge is 0.449 e. The van der Waals surface area contributed by atoms with Gasteiger partial charge >= 0.3 is 5.97 Å². The number of halogens is 2. The van der Waals surface area contributed by atoms with E-state index in [9.17, 15) is 14.4 Å². The van der Waals surface area contributed by atoms with E-state index in [0.717, 1.165) is 6.08 Å². The molecule has 1 amide bonds. The number of hydrogen-bond acceptors (Lipinski definition) is 4. The molecule has 1 N–H and O–H groups in total. The van der Waals surface area contributed by atoms with Crippen LogP contribution in [-0.4, -0.2) is 27.3 Å². The number of nitrogens with zero attached hydrogens (tertiary/aromatic N) is 2. The minimum absolute atomic E-state index is 0.116. The third kappa shape index (κ3) is 4.95. The van der Waals surface area contributed by atoms with Crippen LogP contribution in [0.5, 0.6) is 0 Å². The van der Waals surface area contributed by atoms with Crippen molar-refractivity contribution < 1.29 is 14.3 Å². The molecule has 3 aromatic rings. The summed E-state index contributed by atoms with van der Waals surface area (Å²) < 4.78 is 8.23. The van der Waals surface area contributed by atoms with E-state index in [1.54, 1.807) is 49.0 Å². The predicted octanol–water partition coefficient (Wildman–Crippen LogP) is 4.37. The van der Waals surface area contributed by atoms with Crippen molar-refractivity contribution in [2.24, 2.45) is 7.05 Å². The molecule has 0 spiro atoms. The van der Waals surface area contributed by atoms with Crippen molar-refractivity contribution in [2.75, 3.05) is 5.32 Å². The Kier molecular flexibility index (Phi) is 7.22. The number of rotatable bonds is 6. The molecule has 0 aliphatic rings. The standard InChI is InChI=1S/C23H21Cl2N3O4/c1-14-21(23(31)28(27(14)3)17-9-5-4-6-10-17)26-22(30)15(2)32-19(29)13-12-16-8-7-11-18(24)20(16)25/h4-13,15H,1-3H3,(H,26,30)/b13-12+. The number of amides is 1. The van der Waals surface area contributed by atoms with Crippen molar-refractivity contribution in [2.45, 2.75) is 20.0 Å². The topological polar surface area (TPSA) is 82.3 Å². The fourth-order valence-electron chi connectivity index (χ4n) is 3.01. The lowest BCUT2D eigenvalue weighted by Crippen LogP contribution is -2.31. The third-order valence-electron chi connectivity index (χ3n) is 4.85. The van der Waals surface area contributed by atoms with Crippen molar-refractivity contribution in [3.63, 3.8) is 0 Å². The molecular formula is C23H21Cl2N3O4. The van der Waals surface area contributed by atoms with Gasteiger partial charge in [-0.3, -0.25) is 14.3 Å². The highest BCUT2D eigenvalue weighted by Crippen LogP contribution is 2.26. The zero-order valence-electron chi connectivity index (χ0n) is 17.6. The maximum Gasteiger partial charge on any atom is 0.331 e. The molecule has 9 heteroatoms.